The molecule has 0 radical (unpaired) electrons. The molecule has 2 aromatic rings. The lowest BCUT2D eigenvalue weighted by Gasteiger charge is -2.03. The summed E-state index contributed by atoms with van der Waals surface area (Å²) in [6.07, 6.45) is 1.38. The summed E-state index contributed by atoms with van der Waals surface area (Å²) in [6, 6.07) is 12.4. The quantitative estimate of drug-likeness (QED) is 0.861. The van der Waals surface area contributed by atoms with Gasteiger partial charge in [0, 0.05) is 11.8 Å². The summed E-state index contributed by atoms with van der Waals surface area (Å²) >= 11 is 0. The van der Waals surface area contributed by atoms with E-state index in [-0.39, 0.29) is 11.1 Å². The molecule has 2 rings (SSSR count). The van der Waals surface area contributed by atoms with Gasteiger partial charge >= 0.3 is 5.97 Å². The molecule has 0 atom stereocenters. The number of carbonyl (C=O) groups is 1. The number of rotatable bonds is 4. The summed E-state index contributed by atoms with van der Waals surface area (Å²) in [5.41, 5.74) is 1.45. The molecule has 2 N–H and O–H groups in total. The molecule has 0 unspecified atom stereocenters. The molecule has 4 heteroatoms. The van der Waals surface area contributed by atoms with E-state index in [4.69, 9.17) is 5.11 Å². The van der Waals surface area contributed by atoms with Crippen molar-refractivity contribution in [2.75, 3.05) is 0 Å². The Hall–Kier alpha value is -2.36. The summed E-state index contributed by atoms with van der Waals surface area (Å²) in [5.74, 6) is -1.08. The Kier molecular flexibility index (Phi) is 3.57. The van der Waals surface area contributed by atoms with Gasteiger partial charge in [-0.25, -0.2) is 4.79 Å². The van der Waals surface area contributed by atoms with Crippen LogP contribution in [-0.2, 0) is 12.8 Å². The normalized spacial score (nSPS) is 10.2. The van der Waals surface area contributed by atoms with E-state index in [0.29, 0.717) is 12.1 Å². The van der Waals surface area contributed by atoms with E-state index in [9.17, 15) is 9.59 Å². The molecular weight excluding hydrogens is 230 g/mol. The van der Waals surface area contributed by atoms with Crippen molar-refractivity contribution >= 4 is 5.97 Å². The number of aromatic carboxylic acids is 1. The van der Waals surface area contributed by atoms with Gasteiger partial charge in [0.1, 0.15) is 0 Å². The zero-order valence-electron chi connectivity index (χ0n) is 9.72. The number of benzene rings is 1. The van der Waals surface area contributed by atoms with Gasteiger partial charge in [-0.15, -0.1) is 0 Å². The third-order valence-corrected chi connectivity index (χ3v) is 2.67. The average Bonchev–Trinajstić information content (AvgIpc) is 2.37. The fourth-order valence-corrected chi connectivity index (χ4v) is 1.78. The number of carboxylic acid groups (broad SMARTS) is 1. The lowest BCUT2D eigenvalue weighted by Crippen LogP contribution is -2.12. The number of nitrogens with one attached hydrogen (secondary N) is 1. The first-order valence-electron chi connectivity index (χ1n) is 5.65. The van der Waals surface area contributed by atoms with Gasteiger partial charge in [0.25, 0.3) is 0 Å². The lowest BCUT2D eigenvalue weighted by molar-refractivity contribution is 0.0696. The highest BCUT2D eigenvalue weighted by Crippen LogP contribution is 2.06. The van der Waals surface area contributed by atoms with Crippen molar-refractivity contribution in [1.29, 1.82) is 0 Å². The summed E-state index contributed by atoms with van der Waals surface area (Å²) < 4.78 is 0. The molecule has 0 aliphatic carbocycles. The van der Waals surface area contributed by atoms with E-state index in [1.165, 1.54) is 6.07 Å². The highest BCUT2D eigenvalue weighted by atomic mass is 16.4. The monoisotopic (exact) mass is 243 g/mol. The Bertz CT molecular complexity index is 602. The minimum Gasteiger partial charge on any atom is -0.478 e. The maximum Gasteiger partial charge on any atom is 0.335 e. The minimum absolute atomic E-state index is 0.0295. The van der Waals surface area contributed by atoms with Crippen LogP contribution in [0.15, 0.2) is 47.3 Å². The third-order valence-electron chi connectivity index (χ3n) is 2.67. The minimum atomic E-state index is -1.08. The molecule has 0 amide bonds. The van der Waals surface area contributed by atoms with Crippen molar-refractivity contribution in [2.24, 2.45) is 0 Å². The van der Waals surface area contributed by atoms with Crippen LogP contribution in [0.2, 0.25) is 0 Å². The first kappa shape index (κ1) is 12.1. The van der Waals surface area contributed by atoms with E-state index in [0.717, 1.165) is 18.1 Å². The SMILES string of the molecule is O=C(O)c1cc(CCc2ccccc2)[nH]c(=O)c1. The Morgan fingerprint density at radius 1 is 1.11 bits per heavy atom. The summed E-state index contributed by atoms with van der Waals surface area (Å²) in [5, 5.41) is 8.87. The summed E-state index contributed by atoms with van der Waals surface area (Å²) in [6.45, 7) is 0. The second kappa shape index (κ2) is 5.31. The Labute approximate surface area is 104 Å². The standard InChI is InChI=1S/C14H13NO3/c16-13-9-11(14(17)18)8-12(15-13)7-6-10-4-2-1-3-5-10/h1-5,8-9H,6-7H2,(H,15,16)(H,17,18). The van der Waals surface area contributed by atoms with Crippen LogP contribution in [0.3, 0.4) is 0 Å². The molecular formula is C14H13NO3. The van der Waals surface area contributed by atoms with Crippen molar-refractivity contribution in [1.82, 2.24) is 4.98 Å². The number of H-pyrrole nitrogens is 1. The molecule has 0 aliphatic rings. The molecule has 18 heavy (non-hydrogen) atoms. The van der Waals surface area contributed by atoms with Crippen LogP contribution < -0.4 is 5.56 Å². The van der Waals surface area contributed by atoms with Crippen LogP contribution in [-0.4, -0.2) is 16.1 Å². The molecule has 1 aromatic heterocycles. The van der Waals surface area contributed by atoms with Gasteiger partial charge in [-0.05, 0) is 24.5 Å². The predicted molar refractivity (Wildman–Crippen MR) is 67.9 cm³/mol. The largest absolute Gasteiger partial charge is 0.478 e. The van der Waals surface area contributed by atoms with Gasteiger partial charge in [-0.1, -0.05) is 30.3 Å². The molecule has 1 heterocycles. The third kappa shape index (κ3) is 3.07. The van der Waals surface area contributed by atoms with Crippen molar-refractivity contribution < 1.29 is 9.90 Å². The highest BCUT2D eigenvalue weighted by molar-refractivity contribution is 5.87. The first-order chi connectivity index (χ1) is 8.65. The highest BCUT2D eigenvalue weighted by Gasteiger charge is 2.06. The second-order valence-electron chi connectivity index (χ2n) is 4.05. The van der Waals surface area contributed by atoms with Gasteiger partial charge in [-0.2, -0.15) is 0 Å². The van der Waals surface area contributed by atoms with Crippen LogP contribution in [0.25, 0.3) is 0 Å². The molecule has 1 aromatic carbocycles. The van der Waals surface area contributed by atoms with Crippen LogP contribution in [0.1, 0.15) is 21.6 Å². The summed E-state index contributed by atoms with van der Waals surface area (Å²) in [4.78, 5) is 24.8. The first-order valence-corrected chi connectivity index (χ1v) is 5.65. The molecule has 0 bridgehead atoms. The summed E-state index contributed by atoms with van der Waals surface area (Å²) in [7, 11) is 0. The molecule has 92 valence electrons. The van der Waals surface area contributed by atoms with Crippen LogP contribution in [0, 0.1) is 0 Å². The van der Waals surface area contributed by atoms with Gasteiger partial charge in [-0.3, -0.25) is 4.79 Å². The number of aryl methyl sites for hydroxylation is 2. The Morgan fingerprint density at radius 2 is 1.83 bits per heavy atom. The molecule has 0 spiro atoms. The second-order valence-corrected chi connectivity index (χ2v) is 4.05. The number of aromatic nitrogens is 1. The lowest BCUT2D eigenvalue weighted by atomic mass is 10.1. The Balaban J connectivity index is 2.15. The van der Waals surface area contributed by atoms with E-state index in [2.05, 4.69) is 4.98 Å². The number of hydrogen-bond acceptors (Lipinski definition) is 2. The number of aromatic amines is 1. The maximum absolute atomic E-state index is 11.3. The van der Waals surface area contributed by atoms with E-state index in [1.54, 1.807) is 0 Å². The van der Waals surface area contributed by atoms with Gasteiger partial charge in [0.05, 0.1) is 5.56 Å². The fraction of sp³-hybridized carbons (Fsp3) is 0.143. The van der Waals surface area contributed by atoms with Crippen molar-refractivity contribution in [2.45, 2.75) is 12.8 Å². The molecule has 4 nitrogen and oxygen atoms in total. The molecule has 0 aliphatic heterocycles. The molecule has 0 saturated carbocycles. The fourth-order valence-electron chi connectivity index (χ4n) is 1.78. The van der Waals surface area contributed by atoms with E-state index < -0.39 is 5.97 Å². The predicted octanol–water partition coefficient (Wildman–Crippen LogP) is 1.86. The molecule has 0 saturated heterocycles. The maximum atomic E-state index is 11.3. The van der Waals surface area contributed by atoms with Gasteiger partial charge in [0.2, 0.25) is 5.56 Å². The number of hydrogen-bond donors (Lipinski definition) is 2. The van der Waals surface area contributed by atoms with Gasteiger partial charge in [0.15, 0.2) is 0 Å². The number of pyridine rings is 1. The van der Waals surface area contributed by atoms with E-state index >= 15 is 0 Å². The average molecular weight is 243 g/mol. The Morgan fingerprint density at radius 3 is 2.50 bits per heavy atom. The van der Waals surface area contributed by atoms with E-state index in [1.807, 2.05) is 30.3 Å². The smallest absolute Gasteiger partial charge is 0.335 e. The van der Waals surface area contributed by atoms with Crippen molar-refractivity contribution in [3.05, 3.63) is 69.6 Å². The van der Waals surface area contributed by atoms with Gasteiger partial charge < -0.3 is 10.1 Å². The number of carboxylic acids is 1. The topological polar surface area (TPSA) is 70.2 Å². The zero-order chi connectivity index (χ0) is 13.0. The van der Waals surface area contributed by atoms with Crippen molar-refractivity contribution in [3.8, 4) is 0 Å². The van der Waals surface area contributed by atoms with Crippen LogP contribution in [0.4, 0.5) is 0 Å². The zero-order valence-corrected chi connectivity index (χ0v) is 9.72. The van der Waals surface area contributed by atoms with Crippen LogP contribution >= 0.6 is 0 Å². The van der Waals surface area contributed by atoms with Crippen molar-refractivity contribution in [3.63, 3.8) is 0 Å². The van der Waals surface area contributed by atoms with Crippen LogP contribution in [0.5, 0.6) is 0 Å². The molecule has 0 fully saturated rings.